The second-order valence-electron chi connectivity index (χ2n) is 3.76. The summed E-state index contributed by atoms with van der Waals surface area (Å²) >= 11 is 0. The zero-order chi connectivity index (χ0) is 8.65. The van der Waals surface area contributed by atoms with Gasteiger partial charge in [0.2, 0.25) is 0 Å². The molecule has 0 aromatic carbocycles. The number of hydrogen-bond donors (Lipinski definition) is 1. The van der Waals surface area contributed by atoms with Gasteiger partial charge in [-0.3, -0.25) is 9.36 Å². The Morgan fingerprint density at radius 2 is 2.18 bits per heavy atom. The molecule has 3 nitrogen and oxygen atoms in total. The summed E-state index contributed by atoms with van der Waals surface area (Å²) in [5, 5.41) is 9.05. The number of aliphatic hydroxyl groups excluding tert-OH is 1. The Labute approximate surface area is 66.6 Å². The molecule has 1 fully saturated rings. The highest BCUT2D eigenvalue weighted by Crippen LogP contribution is 2.43. The van der Waals surface area contributed by atoms with Gasteiger partial charge < -0.3 is 5.11 Å². The van der Waals surface area contributed by atoms with Crippen molar-refractivity contribution in [3.05, 3.63) is 0 Å². The first kappa shape index (κ1) is 8.82. The third-order valence-electron chi connectivity index (χ3n) is 1.80. The van der Waals surface area contributed by atoms with E-state index in [-0.39, 0.29) is 11.2 Å². The lowest BCUT2D eigenvalue weighted by Gasteiger charge is -2.29. The van der Waals surface area contributed by atoms with Gasteiger partial charge in [0.25, 0.3) is 0 Å². The Morgan fingerprint density at radius 1 is 1.64 bits per heavy atom. The maximum Gasteiger partial charge on any atom is 0.181 e. The van der Waals surface area contributed by atoms with E-state index in [1.165, 1.54) is 0 Å². The van der Waals surface area contributed by atoms with Gasteiger partial charge in [-0.15, -0.1) is 0 Å². The summed E-state index contributed by atoms with van der Waals surface area (Å²) in [6.07, 6.45) is 0.796. The number of carbonyl (C=O) groups excluding carboxylic acids is 1. The van der Waals surface area contributed by atoms with Crippen molar-refractivity contribution in [3.63, 3.8) is 0 Å². The maximum atomic E-state index is 11.1. The highest BCUT2D eigenvalue weighted by atomic mass is 31.1. The van der Waals surface area contributed by atoms with E-state index < -0.39 is 13.6 Å². The molecule has 4 heteroatoms. The molecule has 2 atom stereocenters. The van der Waals surface area contributed by atoms with Crippen molar-refractivity contribution in [1.29, 1.82) is 0 Å². The van der Waals surface area contributed by atoms with E-state index >= 15 is 0 Å². The van der Waals surface area contributed by atoms with Crippen molar-refractivity contribution in [3.8, 4) is 0 Å². The van der Waals surface area contributed by atoms with Crippen LogP contribution in [-0.4, -0.2) is 22.9 Å². The van der Waals surface area contributed by atoms with Crippen LogP contribution in [-0.2, 0) is 9.36 Å². The van der Waals surface area contributed by atoms with E-state index in [1.54, 1.807) is 0 Å². The average molecular weight is 175 g/mol. The van der Waals surface area contributed by atoms with Gasteiger partial charge >= 0.3 is 0 Å². The van der Waals surface area contributed by atoms with Gasteiger partial charge in [-0.25, -0.2) is 0 Å². The molecule has 2 unspecified atom stereocenters. The van der Waals surface area contributed by atoms with Crippen LogP contribution in [0.2, 0.25) is 0 Å². The minimum atomic E-state index is -1.72. The van der Waals surface area contributed by atoms with Crippen molar-refractivity contribution < 1.29 is 14.5 Å². The third kappa shape index (κ3) is 1.85. The Kier molecular flexibility index (Phi) is 2.13. The molecule has 1 heterocycles. The molecule has 63 valence electrons. The molecule has 1 aliphatic heterocycles. The molecular weight excluding hydrogens is 163 g/mol. The lowest BCUT2D eigenvalue weighted by molar-refractivity contribution is -0.125. The number of hydrogen-bond acceptors (Lipinski definition) is 3. The van der Waals surface area contributed by atoms with Crippen LogP contribution >= 0.6 is 7.80 Å². The molecular formula is C7H12O3P. The molecule has 0 saturated carbocycles. The van der Waals surface area contributed by atoms with Gasteiger partial charge in [-0.2, -0.15) is 0 Å². The van der Waals surface area contributed by atoms with E-state index in [0.717, 1.165) is 0 Å². The van der Waals surface area contributed by atoms with Crippen LogP contribution in [0.5, 0.6) is 0 Å². The summed E-state index contributed by atoms with van der Waals surface area (Å²) < 4.78 is 11.1. The van der Waals surface area contributed by atoms with Crippen LogP contribution in [0.15, 0.2) is 0 Å². The summed E-state index contributed by atoms with van der Waals surface area (Å²) in [7, 11) is -1.72. The third-order valence-corrected chi connectivity index (χ3v) is 3.80. The van der Waals surface area contributed by atoms with E-state index in [9.17, 15) is 9.36 Å². The van der Waals surface area contributed by atoms with Gasteiger partial charge in [-0.1, -0.05) is 13.8 Å². The van der Waals surface area contributed by atoms with Gasteiger partial charge in [-0.05, 0) is 5.41 Å². The van der Waals surface area contributed by atoms with Crippen LogP contribution < -0.4 is 0 Å². The minimum absolute atomic E-state index is 0.191. The van der Waals surface area contributed by atoms with Crippen LogP contribution in [0.3, 0.4) is 0 Å². The Morgan fingerprint density at radius 3 is 2.64 bits per heavy atom. The second-order valence-corrected chi connectivity index (χ2v) is 5.40. The van der Waals surface area contributed by atoms with Crippen LogP contribution in [0, 0.1) is 5.41 Å². The van der Waals surface area contributed by atoms with Gasteiger partial charge in [0.1, 0.15) is 7.80 Å². The number of Topliss-reactive ketones (excluding diaryl/α,β-unsaturated/α-hetero) is 1. The van der Waals surface area contributed by atoms with Crippen molar-refractivity contribution in [2.75, 3.05) is 6.16 Å². The van der Waals surface area contributed by atoms with Crippen LogP contribution in [0.4, 0.5) is 0 Å². The smallest absolute Gasteiger partial charge is 0.181 e. The monoisotopic (exact) mass is 175 g/mol. The predicted octanol–water partition coefficient (Wildman–Crippen LogP) is 1.13. The zero-order valence-corrected chi connectivity index (χ0v) is 7.60. The zero-order valence-electron chi connectivity index (χ0n) is 6.70. The SMILES string of the molecule is CC1(C)CC(=O)C(O)[P](=O)C1. The maximum absolute atomic E-state index is 11.1. The minimum Gasteiger partial charge on any atom is -0.374 e. The van der Waals surface area contributed by atoms with E-state index in [4.69, 9.17) is 5.11 Å². The largest absolute Gasteiger partial charge is 0.374 e. The molecule has 0 aromatic heterocycles. The van der Waals surface area contributed by atoms with E-state index in [0.29, 0.717) is 12.6 Å². The Balaban J connectivity index is 2.78. The van der Waals surface area contributed by atoms with Gasteiger partial charge in [0, 0.05) is 12.6 Å². The first-order valence-electron chi connectivity index (χ1n) is 3.57. The summed E-state index contributed by atoms with van der Waals surface area (Å²) in [5.41, 5.74) is -0.191. The van der Waals surface area contributed by atoms with Gasteiger partial charge in [0.05, 0.1) is 0 Å². The molecule has 1 rings (SSSR count). The van der Waals surface area contributed by atoms with Crippen LogP contribution in [0.25, 0.3) is 0 Å². The Bertz CT molecular complexity index is 190. The number of carbonyl (C=O) groups is 1. The first-order valence-corrected chi connectivity index (χ1v) is 5.08. The summed E-state index contributed by atoms with van der Waals surface area (Å²) in [6, 6.07) is 0. The average Bonchev–Trinajstić information content (AvgIpc) is 1.81. The lowest BCUT2D eigenvalue weighted by Crippen LogP contribution is -2.32. The quantitative estimate of drug-likeness (QED) is 0.561. The number of rotatable bonds is 0. The standard InChI is InChI=1S/C7H12O3P/c1-7(2)3-5(8)6(9)11(10)4-7/h6,9H,3-4H2,1-2H3. The normalized spacial score (nSPS) is 33.9. The Hall–Kier alpha value is -0.270. The van der Waals surface area contributed by atoms with Gasteiger partial charge in [0.15, 0.2) is 11.6 Å². The highest BCUT2D eigenvalue weighted by molar-refractivity contribution is 7.46. The van der Waals surface area contributed by atoms with E-state index in [1.807, 2.05) is 13.8 Å². The number of ketones is 1. The lowest BCUT2D eigenvalue weighted by atomic mass is 9.89. The fraction of sp³-hybridized carbons (Fsp3) is 0.857. The van der Waals surface area contributed by atoms with Crippen molar-refractivity contribution in [2.24, 2.45) is 5.41 Å². The molecule has 0 aromatic rings. The predicted molar refractivity (Wildman–Crippen MR) is 41.9 cm³/mol. The summed E-state index contributed by atoms with van der Waals surface area (Å²) in [4.78, 5) is 11.0. The summed E-state index contributed by atoms with van der Waals surface area (Å²) in [6.45, 7) is 3.79. The molecule has 1 saturated heterocycles. The highest BCUT2D eigenvalue weighted by Gasteiger charge is 2.37. The molecule has 0 bridgehead atoms. The molecule has 11 heavy (non-hydrogen) atoms. The number of aliphatic hydroxyl groups is 1. The molecule has 1 N–H and O–H groups in total. The topological polar surface area (TPSA) is 54.4 Å². The molecule has 0 spiro atoms. The molecule has 1 aliphatic rings. The second kappa shape index (κ2) is 2.65. The first-order chi connectivity index (χ1) is 4.92. The van der Waals surface area contributed by atoms with E-state index in [2.05, 4.69) is 0 Å². The molecule has 0 amide bonds. The van der Waals surface area contributed by atoms with Crippen molar-refractivity contribution >= 4 is 13.6 Å². The van der Waals surface area contributed by atoms with Crippen molar-refractivity contribution in [2.45, 2.75) is 26.1 Å². The van der Waals surface area contributed by atoms with Crippen LogP contribution in [0.1, 0.15) is 20.3 Å². The fourth-order valence-corrected chi connectivity index (χ4v) is 2.83. The summed E-state index contributed by atoms with van der Waals surface area (Å²) in [5.74, 6) is -1.47. The molecule has 0 aliphatic carbocycles. The molecule has 1 radical (unpaired) electrons. The van der Waals surface area contributed by atoms with Crippen molar-refractivity contribution in [1.82, 2.24) is 0 Å². The fourth-order valence-electron chi connectivity index (χ4n) is 1.29.